The monoisotopic (exact) mass is 189 g/mol. The Hall–Kier alpha value is -0.610. The van der Waals surface area contributed by atoms with Gasteiger partial charge in [0.05, 0.1) is 6.04 Å². The normalized spacial score (nSPS) is 25.8. The van der Waals surface area contributed by atoms with Gasteiger partial charge in [-0.1, -0.05) is 0 Å². The van der Waals surface area contributed by atoms with Crippen LogP contribution in [0.15, 0.2) is 4.99 Å². The molecule has 0 saturated heterocycles. The van der Waals surface area contributed by atoms with Crippen LogP contribution in [-0.2, 0) is 4.79 Å². The van der Waals surface area contributed by atoms with Gasteiger partial charge in [-0.15, -0.1) is 12.4 Å². The van der Waals surface area contributed by atoms with Crippen LogP contribution in [0.1, 0.15) is 19.8 Å². The van der Waals surface area contributed by atoms with Gasteiger partial charge < -0.3 is 11.1 Å². The number of nitrogens with one attached hydrogen (secondary N) is 1. The zero-order valence-electron chi connectivity index (χ0n) is 6.83. The summed E-state index contributed by atoms with van der Waals surface area (Å²) in [5.74, 6) is 0.678. The van der Waals surface area contributed by atoms with Crippen LogP contribution in [0.3, 0.4) is 0 Å². The molecule has 5 heteroatoms. The third kappa shape index (κ3) is 1.21. The van der Waals surface area contributed by atoms with E-state index in [2.05, 4.69) is 10.3 Å². The third-order valence-corrected chi connectivity index (χ3v) is 2.15. The van der Waals surface area contributed by atoms with Crippen molar-refractivity contribution in [2.24, 2.45) is 10.7 Å². The molecule has 0 aromatic rings. The summed E-state index contributed by atoms with van der Waals surface area (Å²) in [5, 5.41) is 2.69. The lowest BCUT2D eigenvalue weighted by Gasteiger charge is -2.02. The number of amidine groups is 1. The quantitative estimate of drug-likeness (QED) is 0.601. The molecule has 1 fully saturated rings. The maximum atomic E-state index is 11.2. The zero-order chi connectivity index (χ0) is 8.06. The van der Waals surface area contributed by atoms with Crippen molar-refractivity contribution in [3.63, 3.8) is 0 Å². The Balaban J connectivity index is 0.000000720. The van der Waals surface area contributed by atoms with Gasteiger partial charge in [0.2, 0.25) is 0 Å². The van der Waals surface area contributed by atoms with Gasteiger partial charge in [-0.3, -0.25) is 9.79 Å². The number of aliphatic imine (C=N–C) groups is 1. The van der Waals surface area contributed by atoms with Crippen LogP contribution in [0.2, 0.25) is 0 Å². The largest absolute Gasteiger partial charge is 0.322 e. The first-order chi connectivity index (χ1) is 5.14. The molecule has 4 nitrogen and oxygen atoms in total. The van der Waals surface area contributed by atoms with E-state index in [4.69, 9.17) is 5.73 Å². The molecular weight excluding hydrogens is 178 g/mol. The molecule has 3 N–H and O–H groups in total. The Morgan fingerprint density at radius 1 is 1.67 bits per heavy atom. The molecule has 1 atom stereocenters. The summed E-state index contributed by atoms with van der Waals surface area (Å²) in [6, 6.07) is -0.154. The second-order valence-corrected chi connectivity index (χ2v) is 3.27. The Morgan fingerprint density at radius 2 is 2.25 bits per heavy atom. The van der Waals surface area contributed by atoms with E-state index in [9.17, 15) is 4.79 Å². The number of hydrogen-bond acceptors (Lipinski definition) is 3. The van der Waals surface area contributed by atoms with Gasteiger partial charge in [0.15, 0.2) is 0 Å². The summed E-state index contributed by atoms with van der Waals surface area (Å²) in [7, 11) is 0. The van der Waals surface area contributed by atoms with Crippen LogP contribution in [0.4, 0.5) is 0 Å². The maximum absolute atomic E-state index is 11.2. The number of carbonyl (C=O) groups is 1. The highest BCUT2D eigenvalue weighted by Crippen LogP contribution is 2.42. The molecular formula is C7H12ClN3O. The van der Waals surface area contributed by atoms with Gasteiger partial charge in [0.1, 0.15) is 11.4 Å². The summed E-state index contributed by atoms with van der Waals surface area (Å²) in [4.78, 5) is 15.4. The van der Waals surface area contributed by atoms with E-state index in [1.807, 2.05) is 6.92 Å². The smallest absolute Gasteiger partial charge is 0.253 e. The fourth-order valence-electron chi connectivity index (χ4n) is 1.21. The van der Waals surface area contributed by atoms with E-state index in [0.29, 0.717) is 5.84 Å². The van der Waals surface area contributed by atoms with Crippen molar-refractivity contribution >= 4 is 24.1 Å². The summed E-state index contributed by atoms with van der Waals surface area (Å²) in [5.41, 5.74) is 5.18. The average Bonchev–Trinajstić information content (AvgIpc) is 2.59. The van der Waals surface area contributed by atoms with Crippen LogP contribution in [0, 0.1) is 0 Å². The van der Waals surface area contributed by atoms with E-state index < -0.39 is 0 Å². The predicted molar refractivity (Wildman–Crippen MR) is 48.4 cm³/mol. The highest BCUT2D eigenvalue weighted by molar-refractivity contribution is 6.11. The molecule has 2 aliphatic rings. The molecule has 1 saturated carbocycles. The standard InChI is InChI=1S/C7H11N3O.ClH/c1-4(8)5-9-6(11)7(10-5)2-3-7;/h4H,2-3,8H2,1H3,(H,9,10,11);1H/t4-;/m1./s1. The van der Waals surface area contributed by atoms with Crippen LogP contribution < -0.4 is 11.1 Å². The Kier molecular flexibility index (Phi) is 2.14. The van der Waals surface area contributed by atoms with Crippen molar-refractivity contribution < 1.29 is 4.79 Å². The van der Waals surface area contributed by atoms with Crippen molar-refractivity contribution in [1.82, 2.24) is 5.32 Å². The lowest BCUT2D eigenvalue weighted by Crippen LogP contribution is -2.38. The zero-order valence-corrected chi connectivity index (χ0v) is 7.65. The predicted octanol–water partition coefficient (Wildman–Crippen LogP) is -0.184. The van der Waals surface area contributed by atoms with E-state index >= 15 is 0 Å². The summed E-state index contributed by atoms with van der Waals surface area (Å²) in [6.45, 7) is 1.82. The number of hydrogen-bond donors (Lipinski definition) is 2. The first kappa shape index (κ1) is 9.48. The van der Waals surface area contributed by atoms with Crippen molar-refractivity contribution in [3.8, 4) is 0 Å². The minimum Gasteiger partial charge on any atom is -0.322 e. The number of amides is 1. The molecule has 1 spiro atoms. The molecule has 68 valence electrons. The minimum atomic E-state index is -0.386. The maximum Gasteiger partial charge on any atom is 0.253 e. The first-order valence-corrected chi connectivity index (χ1v) is 3.81. The van der Waals surface area contributed by atoms with Gasteiger partial charge in [-0.05, 0) is 19.8 Å². The molecule has 0 aromatic heterocycles. The highest BCUT2D eigenvalue weighted by atomic mass is 35.5. The molecule has 0 aromatic carbocycles. The minimum absolute atomic E-state index is 0. The lowest BCUT2D eigenvalue weighted by atomic mass is 10.3. The van der Waals surface area contributed by atoms with E-state index in [1.54, 1.807) is 0 Å². The highest BCUT2D eigenvalue weighted by Gasteiger charge is 2.54. The van der Waals surface area contributed by atoms with Crippen LogP contribution in [0.5, 0.6) is 0 Å². The molecule has 1 heterocycles. The molecule has 2 rings (SSSR count). The summed E-state index contributed by atoms with van der Waals surface area (Å²) < 4.78 is 0. The topological polar surface area (TPSA) is 67.5 Å². The second kappa shape index (κ2) is 2.71. The molecule has 12 heavy (non-hydrogen) atoms. The van der Waals surface area contributed by atoms with Crippen molar-refractivity contribution in [3.05, 3.63) is 0 Å². The molecule has 0 radical (unpaired) electrons. The van der Waals surface area contributed by atoms with Crippen LogP contribution in [0.25, 0.3) is 0 Å². The number of halogens is 1. The molecule has 0 unspecified atom stereocenters. The van der Waals surface area contributed by atoms with Crippen LogP contribution in [-0.4, -0.2) is 23.3 Å². The summed E-state index contributed by atoms with van der Waals surface area (Å²) >= 11 is 0. The van der Waals surface area contributed by atoms with Gasteiger partial charge in [0, 0.05) is 0 Å². The fraction of sp³-hybridized carbons (Fsp3) is 0.714. The molecule has 1 aliphatic heterocycles. The SMILES string of the molecule is C[C@@H](N)C1=NC2(CC2)C(=O)N1.Cl. The molecule has 0 bridgehead atoms. The second-order valence-electron chi connectivity index (χ2n) is 3.27. The lowest BCUT2D eigenvalue weighted by molar-refractivity contribution is -0.120. The van der Waals surface area contributed by atoms with Crippen molar-refractivity contribution in [2.45, 2.75) is 31.3 Å². The average molecular weight is 190 g/mol. The number of nitrogens with two attached hydrogens (primary N) is 1. The number of nitrogens with zero attached hydrogens (tertiary/aromatic N) is 1. The van der Waals surface area contributed by atoms with Gasteiger partial charge in [0.25, 0.3) is 5.91 Å². The van der Waals surface area contributed by atoms with Gasteiger partial charge in [-0.25, -0.2) is 0 Å². The van der Waals surface area contributed by atoms with Gasteiger partial charge in [-0.2, -0.15) is 0 Å². The molecule has 1 aliphatic carbocycles. The number of carbonyl (C=O) groups excluding carboxylic acids is 1. The van der Waals surface area contributed by atoms with E-state index in [-0.39, 0.29) is 29.9 Å². The first-order valence-electron chi connectivity index (χ1n) is 3.81. The summed E-state index contributed by atoms with van der Waals surface area (Å²) in [6.07, 6.45) is 1.77. The Bertz CT molecular complexity index is 245. The van der Waals surface area contributed by atoms with E-state index in [0.717, 1.165) is 12.8 Å². The Labute approximate surface area is 77.0 Å². The Morgan fingerprint density at radius 3 is 2.50 bits per heavy atom. The van der Waals surface area contributed by atoms with Crippen molar-refractivity contribution in [2.75, 3.05) is 0 Å². The van der Waals surface area contributed by atoms with Crippen molar-refractivity contribution in [1.29, 1.82) is 0 Å². The fourth-order valence-corrected chi connectivity index (χ4v) is 1.21. The van der Waals surface area contributed by atoms with E-state index in [1.165, 1.54) is 0 Å². The molecule has 1 amide bonds. The third-order valence-electron chi connectivity index (χ3n) is 2.15. The van der Waals surface area contributed by atoms with Gasteiger partial charge >= 0.3 is 0 Å². The van der Waals surface area contributed by atoms with Crippen LogP contribution >= 0.6 is 12.4 Å². The number of rotatable bonds is 1.